The van der Waals surface area contributed by atoms with Gasteiger partial charge in [0, 0.05) is 31.9 Å². The zero-order chi connectivity index (χ0) is 14.3. The molecule has 3 N–H and O–H groups in total. The highest BCUT2D eigenvalue weighted by Crippen LogP contribution is 2.13. The van der Waals surface area contributed by atoms with Crippen molar-refractivity contribution in [3.63, 3.8) is 0 Å². The number of anilines is 1. The van der Waals surface area contributed by atoms with E-state index in [0.717, 1.165) is 18.5 Å². The van der Waals surface area contributed by atoms with Crippen molar-refractivity contribution in [1.82, 2.24) is 5.32 Å². The van der Waals surface area contributed by atoms with Crippen molar-refractivity contribution < 1.29 is 4.79 Å². The molecule has 1 rings (SSSR count). The molecule has 0 fully saturated rings. The number of hydrogen-bond donors (Lipinski definition) is 2. The third-order valence-corrected chi connectivity index (χ3v) is 3.19. The summed E-state index contributed by atoms with van der Waals surface area (Å²) in [7, 11) is 3.93. The summed E-state index contributed by atoms with van der Waals surface area (Å²) in [5.41, 5.74) is 7.30. The van der Waals surface area contributed by atoms with E-state index in [4.69, 9.17) is 5.73 Å². The number of hydrogen-bond acceptors (Lipinski definition) is 3. The van der Waals surface area contributed by atoms with E-state index in [1.165, 1.54) is 0 Å². The van der Waals surface area contributed by atoms with Gasteiger partial charge in [0.15, 0.2) is 0 Å². The maximum absolute atomic E-state index is 12.0. The zero-order valence-electron chi connectivity index (χ0n) is 12.1. The Morgan fingerprint density at radius 1 is 1.42 bits per heavy atom. The largest absolute Gasteiger partial charge is 0.378 e. The molecule has 0 bridgehead atoms. The molecule has 1 aromatic rings. The third-order valence-electron chi connectivity index (χ3n) is 3.19. The van der Waals surface area contributed by atoms with Crippen LogP contribution in [0.25, 0.3) is 0 Å². The highest BCUT2D eigenvalue weighted by atomic mass is 16.1. The molecular weight excluding hydrogens is 238 g/mol. The first-order chi connectivity index (χ1) is 9.04. The second-order valence-corrected chi connectivity index (χ2v) is 5.18. The standard InChI is InChI=1S/C15H25N3O/c1-12(11-16)6-5-9-17-15(19)13-7-4-8-14(10-13)18(2)3/h4,7-8,10,12H,5-6,9,11,16H2,1-3H3,(H,17,19). The normalized spacial score (nSPS) is 12.0. The molecule has 4 heteroatoms. The van der Waals surface area contributed by atoms with Gasteiger partial charge < -0.3 is 16.0 Å². The molecule has 106 valence electrons. The van der Waals surface area contributed by atoms with Gasteiger partial charge in [-0.15, -0.1) is 0 Å². The quantitative estimate of drug-likeness (QED) is 0.738. The lowest BCUT2D eigenvalue weighted by atomic mass is 10.1. The Morgan fingerprint density at radius 3 is 2.79 bits per heavy atom. The van der Waals surface area contributed by atoms with E-state index in [9.17, 15) is 4.79 Å². The first-order valence-electron chi connectivity index (χ1n) is 6.80. The van der Waals surface area contributed by atoms with Gasteiger partial charge in [-0.05, 0) is 43.5 Å². The molecule has 0 saturated carbocycles. The molecule has 1 atom stereocenters. The van der Waals surface area contributed by atoms with Crippen LogP contribution in [0.4, 0.5) is 5.69 Å². The minimum Gasteiger partial charge on any atom is -0.378 e. The van der Waals surface area contributed by atoms with Crippen LogP contribution in [0.2, 0.25) is 0 Å². The molecule has 19 heavy (non-hydrogen) atoms. The highest BCUT2D eigenvalue weighted by molar-refractivity contribution is 5.95. The van der Waals surface area contributed by atoms with Crippen LogP contribution < -0.4 is 16.0 Å². The highest BCUT2D eigenvalue weighted by Gasteiger charge is 2.06. The van der Waals surface area contributed by atoms with Gasteiger partial charge in [0.25, 0.3) is 5.91 Å². The fourth-order valence-electron chi connectivity index (χ4n) is 1.80. The summed E-state index contributed by atoms with van der Waals surface area (Å²) in [6.07, 6.45) is 2.02. The summed E-state index contributed by atoms with van der Waals surface area (Å²) in [5, 5.41) is 2.95. The number of rotatable bonds is 7. The van der Waals surface area contributed by atoms with E-state index in [1.807, 2.05) is 43.3 Å². The van der Waals surface area contributed by atoms with Crippen LogP contribution in [-0.2, 0) is 0 Å². The minimum atomic E-state index is -0.0101. The molecule has 1 amide bonds. The van der Waals surface area contributed by atoms with Crippen molar-refractivity contribution in [3.8, 4) is 0 Å². The Labute approximate surface area is 116 Å². The molecule has 0 spiro atoms. The number of nitrogens with zero attached hydrogens (tertiary/aromatic N) is 1. The molecule has 4 nitrogen and oxygen atoms in total. The molecule has 0 aromatic heterocycles. The second kappa shape index (κ2) is 7.79. The Bertz CT molecular complexity index is 404. The maximum atomic E-state index is 12.0. The monoisotopic (exact) mass is 263 g/mol. The summed E-state index contributed by atoms with van der Waals surface area (Å²) in [4.78, 5) is 14.0. The van der Waals surface area contributed by atoms with E-state index in [2.05, 4.69) is 12.2 Å². The number of nitrogens with one attached hydrogen (secondary N) is 1. The lowest BCUT2D eigenvalue weighted by Gasteiger charge is -2.13. The molecule has 1 aromatic carbocycles. The van der Waals surface area contributed by atoms with Gasteiger partial charge in [-0.2, -0.15) is 0 Å². The minimum absolute atomic E-state index is 0.0101. The summed E-state index contributed by atoms with van der Waals surface area (Å²) >= 11 is 0. The van der Waals surface area contributed by atoms with Crippen LogP contribution >= 0.6 is 0 Å². The summed E-state index contributed by atoms with van der Waals surface area (Å²) in [6, 6.07) is 7.63. The topological polar surface area (TPSA) is 58.4 Å². The number of nitrogens with two attached hydrogens (primary N) is 1. The average Bonchev–Trinajstić information content (AvgIpc) is 2.43. The number of benzene rings is 1. The van der Waals surface area contributed by atoms with Gasteiger partial charge in [0.05, 0.1) is 0 Å². The first kappa shape index (κ1) is 15.5. The Morgan fingerprint density at radius 2 is 2.16 bits per heavy atom. The SMILES string of the molecule is CC(CN)CCCNC(=O)c1cccc(N(C)C)c1. The lowest BCUT2D eigenvalue weighted by Crippen LogP contribution is -2.25. The number of amides is 1. The van der Waals surface area contributed by atoms with E-state index in [0.29, 0.717) is 24.6 Å². The van der Waals surface area contributed by atoms with Crippen molar-refractivity contribution in [3.05, 3.63) is 29.8 Å². The average molecular weight is 263 g/mol. The number of carbonyl (C=O) groups is 1. The Hall–Kier alpha value is -1.55. The predicted octanol–water partition coefficient (Wildman–Crippen LogP) is 1.86. The summed E-state index contributed by atoms with van der Waals surface area (Å²) in [5.74, 6) is 0.512. The van der Waals surface area contributed by atoms with Gasteiger partial charge in [-0.3, -0.25) is 4.79 Å². The van der Waals surface area contributed by atoms with Gasteiger partial charge in [0.2, 0.25) is 0 Å². The third kappa shape index (κ3) is 5.30. The maximum Gasteiger partial charge on any atom is 0.251 e. The molecule has 0 heterocycles. The lowest BCUT2D eigenvalue weighted by molar-refractivity contribution is 0.0952. The molecule has 0 aliphatic heterocycles. The molecular formula is C15H25N3O. The summed E-state index contributed by atoms with van der Waals surface area (Å²) in [6.45, 7) is 3.54. The van der Waals surface area contributed by atoms with Crippen molar-refractivity contribution in [2.75, 3.05) is 32.1 Å². The fraction of sp³-hybridized carbons (Fsp3) is 0.533. The van der Waals surface area contributed by atoms with Crippen LogP contribution in [0.5, 0.6) is 0 Å². The van der Waals surface area contributed by atoms with Crippen LogP contribution in [0.1, 0.15) is 30.1 Å². The van der Waals surface area contributed by atoms with E-state index in [-0.39, 0.29) is 5.91 Å². The van der Waals surface area contributed by atoms with Crippen molar-refractivity contribution in [2.45, 2.75) is 19.8 Å². The van der Waals surface area contributed by atoms with Gasteiger partial charge in [-0.25, -0.2) is 0 Å². The van der Waals surface area contributed by atoms with Crippen LogP contribution in [0.3, 0.4) is 0 Å². The van der Waals surface area contributed by atoms with E-state index >= 15 is 0 Å². The molecule has 0 aliphatic carbocycles. The van der Waals surface area contributed by atoms with Crippen LogP contribution in [0.15, 0.2) is 24.3 Å². The Kier molecular flexibility index (Phi) is 6.36. The van der Waals surface area contributed by atoms with Gasteiger partial charge >= 0.3 is 0 Å². The van der Waals surface area contributed by atoms with Gasteiger partial charge in [0.1, 0.15) is 0 Å². The van der Waals surface area contributed by atoms with Crippen LogP contribution in [-0.4, -0.2) is 33.1 Å². The van der Waals surface area contributed by atoms with Crippen molar-refractivity contribution in [1.29, 1.82) is 0 Å². The molecule has 0 saturated heterocycles. The first-order valence-corrected chi connectivity index (χ1v) is 6.80. The number of carbonyl (C=O) groups excluding carboxylic acids is 1. The molecule has 1 unspecified atom stereocenters. The molecule has 0 aliphatic rings. The van der Waals surface area contributed by atoms with E-state index in [1.54, 1.807) is 0 Å². The van der Waals surface area contributed by atoms with Gasteiger partial charge in [-0.1, -0.05) is 13.0 Å². The Balaban J connectivity index is 2.43. The fourth-order valence-corrected chi connectivity index (χ4v) is 1.80. The van der Waals surface area contributed by atoms with Crippen molar-refractivity contribution >= 4 is 11.6 Å². The van der Waals surface area contributed by atoms with Crippen molar-refractivity contribution in [2.24, 2.45) is 11.7 Å². The smallest absolute Gasteiger partial charge is 0.251 e. The second-order valence-electron chi connectivity index (χ2n) is 5.18. The summed E-state index contributed by atoms with van der Waals surface area (Å²) < 4.78 is 0. The molecule has 0 radical (unpaired) electrons. The van der Waals surface area contributed by atoms with Crippen LogP contribution in [0, 0.1) is 5.92 Å². The van der Waals surface area contributed by atoms with E-state index < -0.39 is 0 Å². The predicted molar refractivity (Wildman–Crippen MR) is 80.6 cm³/mol. The zero-order valence-corrected chi connectivity index (χ0v) is 12.1.